The van der Waals surface area contributed by atoms with Crippen molar-refractivity contribution in [2.24, 2.45) is 11.8 Å². The van der Waals surface area contributed by atoms with Crippen LogP contribution in [0.3, 0.4) is 0 Å². The van der Waals surface area contributed by atoms with Crippen molar-refractivity contribution in [1.82, 2.24) is 0 Å². The molecule has 0 aliphatic carbocycles. The molecular weight excluding hydrogens is 468 g/mol. The third-order valence-corrected chi connectivity index (χ3v) is 7.27. The van der Waals surface area contributed by atoms with Crippen LogP contribution in [0.1, 0.15) is 35.0 Å². The van der Waals surface area contributed by atoms with Crippen LogP contribution >= 0.6 is 0 Å². The zero-order chi connectivity index (χ0) is 25.0. The van der Waals surface area contributed by atoms with Crippen molar-refractivity contribution in [3.8, 4) is 34.5 Å². The zero-order valence-corrected chi connectivity index (χ0v) is 19.2. The van der Waals surface area contributed by atoms with Gasteiger partial charge in [0.15, 0.2) is 46.7 Å². The molecule has 9 nitrogen and oxygen atoms in total. The minimum Gasteiger partial charge on any atom is -0.504 e. The molecule has 3 aromatic rings. The summed E-state index contributed by atoms with van der Waals surface area (Å²) in [6, 6.07) is 14.7. The summed E-state index contributed by atoms with van der Waals surface area (Å²) in [5.74, 6) is 0.269. The van der Waals surface area contributed by atoms with E-state index in [1.165, 1.54) is 24.3 Å². The topological polar surface area (TPSA) is 138 Å². The van der Waals surface area contributed by atoms with Gasteiger partial charge in [0, 0.05) is 17.4 Å². The van der Waals surface area contributed by atoms with Crippen molar-refractivity contribution in [2.75, 3.05) is 19.8 Å². The van der Waals surface area contributed by atoms with E-state index in [1.807, 2.05) is 12.1 Å². The second-order valence-electron chi connectivity index (χ2n) is 9.42. The van der Waals surface area contributed by atoms with Crippen LogP contribution in [0.25, 0.3) is 0 Å². The van der Waals surface area contributed by atoms with Crippen LogP contribution in [-0.4, -0.2) is 51.5 Å². The highest BCUT2D eigenvalue weighted by molar-refractivity contribution is 5.48. The summed E-state index contributed by atoms with van der Waals surface area (Å²) in [5, 5.41) is 49.0. The van der Waals surface area contributed by atoms with E-state index >= 15 is 0 Å². The monoisotopic (exact) mass is 494 g/mol. The van der Waals surface area contributed by atoms with Crippen molar-refractivity contribution in [3.63, 3.8) is 0 Å². The van der Waals surface area contributed by atoms with Crippen LogP contribution in [0.15, 0.2) is 54.6 Å². The molecule has 3 heterocycles. The summed E-state index contributed by atoms with van der Waals surface area (Å²) in [6.07, 6.45) is -1.86. The molecule has 188 valence electrons. The lowest BCUT2D eigenvalue weighted by atomic mass is 9.85. The summed E-state index contributed by atoms with van der Waals surface area (Å²) in [6.45, 7) is 0.671. The van der Waals surface area contributed by atoms with Gasteiger partial charge in [-0.05, 0) is 47.5 Å². The van der Waals surface area contributed by atoms with Gasteiger partial charge in [0.2, 0.25) is 0 Å². The largest absolute Gasteiger partial charge is 0.504 e. The first-order valence-electron chi connectivity index (χ1n) is 11.8. The SMILES string of the molecule is OC[C@H]1Oc2ccc([C@H]3OC[C@H]4[C@@H]3CO[C@@H]4c3ccc(O)c(O)c3)cc2O[C@@H]1c1ccc(O)c(O)c1. The van der Waals surface area contributed by atoms with Gasteiger partial charge in [-0.1, -0.05) is 18.2 Å². The number of hydrogen-bond donors (Lipinski definition) is 5. The van der Waals surface area contributed by atoms with Gasteiger partial charge in [-0.25, -0.2) is 0 Å². The second-order valence-corrected chi connectivity index (χ2v) is 9.42. The van der Waals surface area contributed by atoms with Crippen LogP contribution in [0.5, 0.6) is 34.5 Å². The number of rotatable bonds is 4. The standard InChI is InChI=1S/C27H26O9/c28-10-24-27(14-2-5-19(30)21(32)8-14)36-23-9-15(3-6-22(23)35-24)26-17-12-33-25(16(17)11-34-26)13-1-4-18(29)20(31)7-13/h1-9,16-17,24-32H,10-12H2/t16-,17-,24+,25+,26+,27+/m0/s1. The van der Waals surface area contributed by atoms with E-state index < -0.39 is 12.2 Å². The number of ether oxygens (including phenoxy) is 4. The van der Waals surface area contributed by atoms with Crippen LogP contribution in [0.4, 0.5) is 0 Å². The molecule has 0 aromatic heterocycles. The smallest absolute Gasteiger partial charge is 0.163 e. The van der Waals surface area contributed by atoms with Crippen LogP contribution < -0.4 is 9.47 Å². The molecule has 0 saturated carbocycles. The first kappa shape index (κ1) is 22.8. The molecule has 6 rings (SSSR count). The Balaban J connectivity index is 1.25. The van der Waals surface area contributed by atoms with Gasteiger partial charge in [-0.3, -0.25) is 0 Å². The summed E-state index contributed by atoms with van der Waals surface area (Å²) in [4.78, 5) is 0. The third kappa shape index (κ3) is 3.76. The molecule has 3 aromatic carbocycles. The average molecular weight is 494 g/mol. The molecule has 2 fully saturated rings. The van der Waals surface area contributed by atoms with E-state index in [0.29, 0.717) is 30.3 Å². The Morgan fingerprint density at radius 3 is 1.67 bits per heavy atom. The molecular formula is C27H26O9. The van der Waals surface area contributed by atoms with Gasteiger partial charge in [-0.2, -0.15) is 0 Å². The van der Waals surface area contributed by atoms with Crippen molar-refractivity contribution in [3.05, 3.63) is 71.3 Å². The highest BCUT2D eigenvalue weighted by Gasteiger charge is 2.48. The lowest BCUT2D eigenvalue weighted by Crippen LogP contribution is -2.36. The van der Waals surface area contributed by atoms with Gasteiger partial charge < -0.3 is 44.5 Å². The number of fused-ring (bicyclic) bond motifs is 2. The molecule has 0 radical (unpaired) electrons. The van der Waals surface area contributed by atoms with E-state index in [2.05, 4.69) is 0 Å². The summed E-state index contributed by atoms with van der Waals surface area (Å²) in [5.41, 5.74) is 2.25. The van der Waals surface area contributed by atoms with Crippen molar-refractivity contribution in [1.29, 1.82) is 0 Å². The lowest BCUT2D eigenvalue weighted by molar-refractivity contribution is -0.0130. The summed E-state index contributed by atoms with van der Waals surface area (Å²) in [7, 11) is 0. The number of aliphatic hydroxyl groups excluding tert-OH is 1. The normalized spacial score (nSPS) is 28.7. The molecule has 3 aliphatic heterocycles. The molecule has 36 heavy (non-hydrogen) atoms. The summed E-state index contributed by atoms with van der Waals surface area (Å²) < 4.78 is 24.5. The van der Waals surface area contributed by atoms with E-state index in [0.717, 1.165) is 11.1 Å². The highest BCUT2D eigenvalue weighted by atomic mass is 16.6. The number of hydrogen-bond acceptors (Lipinski definition) is 9. The fourth-order valence-corrected chi connectivity index (χ4v) is 5.41. The van der Waals surface area contributed by atoms with E-state index in [1.54, 1.807) is 18.2 Å². The number of phenols is 4. The quantitative estimate of drug-likeness (QED) is 0.345. The maximum Gasteiger partial charge on any atom is 0.163 e. The molecule has 9 heteroatoms. The fourth-order valence-electron chi connectivity index (χ4n) is 5.41. The molecule has 0 spiro atoms. The molecule has 0 unspecified atom stereocenters. The van der Waals surface area contributed by atoms with Crippen molar-refractivity contribution in [2.45, 2.75) is 24.4 Å². The highest BCUT2D eigenvalue weighted by Crippen LogP contribution is 2.52. The Morgan fingerprint density at radius 2 is 1.11 bits per heavy atom. The Hall–Kier alpha value is -3.66. The molecule has 0 bridgehead atoms. The lowest BCUT2D eigenvalue weighted by Gasteiger charge is -2.34. The Labute approximate surface area is 206 Å². The third-order valence-electron chi connectivity index (χ3n) is 7.27. The minimum atomic E-state index is -0.692. The molecule has 2 saturated heterocycles. The maximum atomic E-state index is 9.93. The molecule has 5 N–H and O–H groups in total. The van der Waals surface area contributed by atoms with E-state index in [9.17, 15) is 25.5 Å². The van der Waals surface area contributed by atoms with Crippen molar-refractivity contribution >= 4 is 0 Å². The minimum absolute atomic E-state index is 0.0821. The Morgan fingerprint density at radius 1 is 0.583 bits per heavy atom. The number of aromatic hydroxyl groups is 4. The molecule has 6 atom stereocenters. The summed E-state index contributed by atoms with van der Waals surface area (Å²) >= 11 is 0. The number of aliphatic hydroxyl groups is 1. The molecule has 3 aliphatic rings. The first-order valence-corrected chi connectivity index (χ1v) is 11.8. The average Bonchev–Trinajstić information content (AvgIpc) is 3.49. The van der Waals surface area contributed by atoms with Crippen LogP contribution in [0.2, 0.25) is 0 Å². The predicted molar refractivity (Wildman–Crippen MR) is 125 cm³/mol. The van der Waals surface area contributed by atoms with Gasteiger partial charge in [0.25, 0.3) is 0 Å². The van der Waals surface area contributed by atoms with E-state index in [-0.39, 0.29) is 53.6 Å². The van der Waals surface area contributed by atoms with E-state index in [4.69, 9.17) is 18.9 Å². The predicted octanol–water partition coefficient (Wildman–Crippen LogP) is 3.46. The second kappa shape index (κ2) is 8.77. The van der Waals surface area contributed by atoms with Gasteiger partial charge in [0.05, 0.1) is 32.0 Å². The van der Waals surface area contributed by atoms with Crippen molar-refractivity contribution < 1.29 is 44.5 Å². The molecule has 0 amide bonds. The van der Waals surface area contributed by atoms with Crippen LogP contribution in [0, 0.1) is 11.8 Å². The van der Waals surface area contributed by atoms with Gasteiger partial charge >= 0.3 is 0 Å². The maximum absolute atomic E-state index is 9.93. The zero-order valence-electron chi connectivity index (χ0n) is 19.2. The Kier molecular flexibility index (Phi) is 5.55. The number of phenolic OH excluding ortho intramolecular Hbond substituents is 4. The fraction of sp³-hybridized carbons (Fsp3) is 0.333. The Bertz CT molecular complexity index is 1290. The van der Waals surface area contributed by atoms with Crippen LogP contribution in [-0.2, 0) is 9.47 Å². The first-order chi connectivity index (χ1) is 17.4. The van der Waals surface area contributed by atoms with Gasteiger partial charge in [0.1, 0.15) is 0 Å². The van der Waals surface area contributed by atoms with Gasteiger partial charge in [-0.15, -0.1) is 0 Å². The number of benzene rings is 3.